The molecule has 290 valence electrons. The molecule has 0 heterocycles. The van der Waals surface area contributed by atoms with Gasteiger partial charge in [-0.1, -0.05) is 179 Å². The summed E-state index contributed by atoms with van der Waals surface area (Å²) in [4.78, 5) is 24.9. The minimum Gasteiger partial charge on any atom is -0.462 e. The van der Waals surface area contributed by atoms with Gasteiger partial charge in [0.2, 0.25) is 0 Å². The smallest absolute Gasteiger partial charge is 0.306 e. The number of carbonyl (C=O) groups excluding carboxylic acids is 2. The Morgan fingerprint density at radius 2 is 0.900 bits per heavy atom. The fraction of sp³-hybridized carbons (Fsp3) is 0.778. The van der Waals surface area contributed by atoms with Crippen LogP contribution in [-0.2, 0) is 23.8 Å². The Bertz CT molecular complexity index is 842. The van der Waals surface area contributed by atoms with Crippen LogP contribution in [0.1, 0.15) is 201 Å². The van der Waals surface area contributed by atoms with Crippen molar-refractivity contribution in [1.82, 2.24) is 0 Å². The monoisotopic (exact) mass is 701 g/mol. The zero-order valence-electron chi connectivity index (χ0n) is 33.2. The molecule has 1 unspecified atom stereocenters. The van der Waals surface area contributed by atoms with E-state index in [2.05, 4.69) is 69.4 Å². The van der Waals surface area contributed by atoms with E-state index in [0.29, 0.717) is 19.4 Å². The highest BCUT2D eigenvalue weighted by atomic mass is 16.6. The molecule has 0 bridgehead atoms. The predicted octanol–water partition coefficient (Wildman–Crippen LogP) is 13.7. The van der Waals surface area contributed by atoms with E-state index in [1.807, 2.05) is 0 Å². The van der Waals surface area contributed by atoms with Crippen molar-refractivity contribution in [3.63, 3.8) is 0 Å². The Labute approximate surface area is 310 Å². The van der Waals surface area contributed by atoms with Crippen molar-refractivity contribution < 1.29 is 23.8 Å². The molecule has 5 nitrogen and oxygen atoms in total. The van der Waals surface area contributed by atoms with Gasteiger partial charge in [0.05, 0.1) is 6.61 Å². The van der Waals surface area contributed by atoms with Gasteiger partial charge in [0.25, 0.3) is 0 Å². The molecule has 50 heavy (non-hydrogen) atoms. The predicted molar refractivity (Wildman–Crippen MR) is 215 cm³/mol. The van der Waals surface area contributed by atoms with Gasteiger partial charge in [-0.2, -0.15) is 0 Å². The van der Waals surface area contributed by atoms with E-state index >= 15 is 0 Å². The molecular formula is C45H80O5. The zero-order valence-corrected chi connectivity index (χ0v) is 33.2. The van der Waals surface area contributed by atoms with Gasteiger partial charge in [-0.15, -0.1) is 0 Å². The number of ether oxygens (including phenoxy) is 3. The second-order valence-electron chi connectivity index (χ2n) is 13.9. The molecule has 0 aliphatic rings. The Morgan fingerprint density at radius 3 is 1.44 bits per heavy atom. The minimum atomic E-state index is -0.537. The highest BCUT2D eigenvalue weighted by molar-refractivity contribution is 5.70. The molecule has 5 heteroatoms. The molecular weight excluding hydrogens is 620 g/mol. The first kappa shape index (κ1) is 47.9. The molecule has 0 spiro atoms. The number of hydrogen-bond donors (Lipinski definition) is 0. The molecule has 0 amide bonds. The van der Waals surface area contributed by atoms with Crippen LogP contribution < -0.4 is 0 Å². The Morgan fingerprint density at radius 1 is 0.460 bits per heavy atom. The molecule has 0 rings (SSSR count). The van der Waals surface area contributed by atoms with Crippen LogP contribution in [0.2, 0.25) is 0 Å². The average Bonchev–Trinajstić information content (AvgIpc) is 3.11. The summed E-state index contributed by atoms with van der Waals surface area (Å²) in [6.07, 6.45) is 48.5. The van der Waals surface area contributed by atoms with E-state index < -0.39 is 6.10 Å². The van der Waals surface area contributed by atoms with Crippen LogP contribution in [0.5, 0.6) is 0 Å². The number of unbranched alkanes of at least 4 members (excludes halogenated alkanes) is 19. The molecule has 0 aliphatic heterocycles. The molecule has 0 fully saturated rings. The lowest BCUT2D eigenvalue weighted by atomic mass is 10.1. The van der Waals surface area contributed by atoms with Crippen molar-refractivity contribution in [2.75, 3.05) is 19.8 Å². The Hall–Kier alpha value is -2.14. The molecule has 0 aromatic carbocycles. The van der Waals surface area contributed by atoms with Crippen molar-refractivity contribution in [3.05, 3.63) is 48.6 Å². The number of carbonyl (C=O) groups is 2. The second-order valence-corrected chi connectivity index (χ2v) is 13.9. The first-order valence-electron chi connectivity index (χ1n) is 21.2. The lowest BCUT2D eigenvalue weighted by Gasteiger charge is -2.18. The molecule has 0 saturated carbocycles. The van der Waals surface area contributed by atoms with Crippen LogP contribution in [0, 0.1) is 0 Å². The Balaban J connectivity index is 4.10. The fourth-order valence-electron chi connectivity index (χ4n) is 5.73. The van der Waals surface area contributed by atoms with Gasteiger partial charge in [-0.25, -0.2) is 0 Å². The van der Waals surface area contributed by atoms with Crippen LogP contribution in [0.25, 0.3) is 0 Å². The van der Waals surface area contributed by atoms with E-state index in [9.17, 15) is 9.59 Å². The maximum atomic E-state index is 12.5. The molecule has 0 N–H and O–H groups in total. The van der Waals surface area contributed by atoms with Gasteiger partial charge in [0.1, 0.15) is 6.61 Å². The fourth-order valence-corrected chi connectivity index (χ4v) is 5.73. The van der Waals surface area contributed by atoms with Gasteiger partial charge in [0, 0.05) is 19.4 Å². The average molecular weight is 701 g/mol. The van der Waals surface area contributed by atoms with Gasteiger partial charge in [-0.3, -0.25) is 9.59 Å². The first-order valence-corrected chi connectivity index (χ1v) is 21.2. The highest BCUT2D eigenvalue weighted by Crippen LogP contribution is 2.13. The molecule has 0 aliphatic carbocycles. The van der Waals surface area contributed by atoms with Gasteiger partial charge >= 0.3 is 11.9 Å². The van der Waals surface area contributed by atoms with Crippen LogP contribution in [0.15, 0.2) is 48.6 Å². The third-order valence-corrected chi connectivity index (χ3v) is 8.88. The lowest BCUT2D eigenvalue weighted by molar-refractivity contribution is -0.163. The van der Waals surface area contributed by atoms with Gasteiger partial charge < -0.3 is 14.2 Å². The molecule has 1 atom stereocenters. The van der Waals surface area contributed by atoms with E-state index in [1.54, 1.807) is 0 Å². The van der Waals surface area contributed by atoms with Crippen molar-refractivity contribution in [2.24, 2.45) is 0 Å². The molecule has 0 aromatic heterocycles. The summed E-state index contributed by atoms with van der Waals surface area (Å²) in [5.74, 6) is -0.420. The second kappa shape index (κ2) is 41.3. The third kappa shape index (κ3) is 38.7. The minimum absolute atomic E-state index is 0.0791. The summed E-state index contributed by atoms with van der Waals surface area (Å²) >= 11 is 0. The van der Waals surface area contributed by atoms with E-state index in [4.69, 9.17) is 14.2 Å². The van der Waals surface area contributed by atoms with Crippen molar-refractivity contribution >= 4 is 11.9 Å². The summed E-state index contributed by atoms with van der Waals surface area (Å²) in [5.41, 5.74) is 0. The van der Waals surface area contributed by atoms with E-state index in [-0.39, 0.29) is 25.2 Å². The van der Waals surface area contributed by atoms with Crippen molar-refractivity contribution in [1.29, 1.82) is 0 Å². The molecule has 0 radical (unpaired) electrons. The highest BCUT2D eigenvalue weighted by Gasteiger charge is 2.17. The van der Waals surface area contributed by atoms with Crippen LogP contribution in [0.4, 0.5) is 0 Å². The molecule has 0 aromatic rings. The third-order valence-electron chi connectivity index (χ3n) is 8.88. The quantitative estimate of drug-likeness (QED) is 0.0364. The normalized spacial score (nSPS) is 12.6. The largest absolute Gasteiger partial charge is 0.462 e. The van der Waals surface area contributed by atoms with Crippen molar-refractivity contribution in [2.45, 2.75) is 207 Å². The first-order chi connectivity index (χ1) is 24.6. The number of hydrogen-bond acceptors (Lipinski definition) is 5. The summed E-state index contributed by atoms with van der Waals surface area (Å²) in [5, 5.41) is 0. The zero-order chi connectivity index (χ0) is 36.4. The topological polar surface area (TPSA) is 61.8 Å². The molecule has 0 saturated heterocycles. The van der Waals surface area contributed by atoms with Crippen molar-refractivity contribution in [3.8, 4) is 0 Å². The maximum Gasteiger partial charge on any atom is 0.306 e. The summed E-state index contributed by atoms with van der Waals surface area (Å²) < 4.78 is 17.1. The van der Waals surface area contributed by atoms with Crippen LogP contribution in [-0.4, -0.2) is 37.9 Å². The van der Waals surface area contributed by atoms with Gasteiger partial charge in [0.15, 0.2) is 6.10 Å². The number of esters is 2. The van der Waals surface area contributed by atoms with E-state index in [0.717, 1.165) is 77.0 Å². The summed E-state index contributed by atoms with van der Waals surface area (Å²) in [7, 11) is 0. The summed E-state index contributed by atoms with van der Waals surface area (Å²) in [6, 6.07) is 0. The Kier molecular flexibility index (Phi) is 39.5. The van der Waals surface area contributed by atoms with Crippen LogP contribution >= 0.6 is 0 Å². The maximum absolute atomic E-state index is 12.5. The standard InChI is InChI=1S/C45H80O5/c1-4-7-10-13-15-17-19-20-21-22-23-24-25-27-29-31-34-37-40-48-41-43(50-45(47)39-36-32-12-9-6-3)42-49-44(46)38-35-33-30-28-26-18-16-14-11-8-5-2/h7,10,15,17,20-21,23-24,43H,4-6,8-9,11-14,16,18-19,22,25-42H2,1-3H3/b10-7-,17-15-,21-20-,24-23-. The van der Waals surface area contributed by atoms with E-state index in [1.165, 1.54) is 89.9 Å². The number of allylic oxidation sites excluding steroid dienone is 8. The summed E-state index contributed by atoms with van der Waals surface area (Å²) in [6.45, 7) is 7.59. The van der Waals surface area contributed by atoms with Gasteiger partial charge in [-0.05, 0) is 57.8 Å². The number of rotatable bonds is 38. The lowest BCUT2D eigenvalue weighted by Crippen LogP contribution is -2.30. The van der Waals surface area contributed by atoms with Crippen LogP contribution in [0.3, 0.4) is 0 Å². The SMILES string of the molecule is CC/C=C\C/C=C\C/C=C\C/C=C\CCCCCCCOCC(COC(=O)CCCCCCCCCCCCC)OC(=O)CCCCCCC.